The van der Waals surface area contributed by atoms with Crippen LogP contribution in [0.1, 0.15) is 67.4 Å². The summed E-state index contributed by atoms with van der Waals surface area (Å²) in [6, 6.07) is 7.86. The van der Waals surface area contributed by atoms with Gasteiger partial charge >= 0.3 is 0 Å². The molecule has 3 atom stereocenters. The molecule has 0 bridgehead atoms. The first-order chi connectivity index (χ1) is 18.3. The van der Waals surface area contributed by atoms with Gasteiger partial charge in [-0.25, -0.2) is 13.8 Å². The summed E-state index contributed by atoms with van der Waals surface area (Å²) in [4.78, 5) is 34.4. The molecule has 1 saturated heterocycles. The standard InChI is InChI=1S/C26H22F2N6O4/c1-12-16-4-5-19(18(16)3-2-17(12)22-25(37)38-22)32-24(36)21-9-20(33-26-30-11-31-34(21)26)23(35)29-10-13-6-14(27)8-15(28)7-13/h2-3,6-9,11,19,22,25,37H,4-5,10H2,1H3,(H,29,35)(H,32,36)/t19-,22?,25?/m0/s1. The minimum Gasteiger partial charge on any atom is -0.366 e. The van der Waals surface area contributed by atoms with E-state index in [1.807, 2.05) is 19.1 Å². The van der Waals surface area contributed by atoms with Crippen molar-refractivity contribution in [2.75, 3.05) is 0 Å². The number of carbonyl (C=O) groups excluding carboxylic acids is 2. The van der Waals surface area contributed by atoms with Crippen molar-refractivity contribution in [2.45, 2.75) is 44.7 Å². The summed E-state index contributed by atoms with van der Waals surface area (Å²) in [6.07, 6.45) is 1.58. The number of epoxide rings is 1. The smallest absolute Gasteiger partial charge is 0.270 e. The number of aromatic nitrogens is 4. The van der Waals surface area contributed by atoms with E-state index in [2.05, 4.69) is 25.7 Å². The lowest BCUT2D eigenvalue weighted by Gasteiger charge is -2.16. The quantitative estimate of drug-likeness (QED) is 0.333. The van der Waals surface area contributed by atoms with Crippen LogP contribution in [0.4, 0.5) is 8.78 Å². The molecular weight excluding hydrogens is 498 g/mol. The van der Waals surface area contributed by atoms with Crippen molar-refractivity contribution in [3.63, 3.8) is 0 Å². The second kappa shape index (κ2) is 9.23. The first-order valence-corrected chi connectivity index (χ1v) is 12.0. The molecule has 4 aromatic rings. The SMILES string of the molecule is Cc1c(C2OC2O)ccc2c1CC[C@@H]2NC(=O)c1cc(C(=O)NCc2cc(F)cc(F)c2)nc2ncnn12. The number of benzene rings is 2. The van der Waals surface area contributed by atoms with Gasteiger partial charge in [0.05, 0.1) is 6.04 Å². The van der Waals surface area contributed by atoms with E-state index in [1.54, 1.807) is 0 Å². The molecule has 2 aromatic heterocycles. The minimum absolute atomic E-state index is 0.0508. The van der Waals surface area contributed by atoms with E-state index in [-0.39, 0.29) is 41.4 Å². The normalized spacial score (nSPS) is 19.8. The number of fused-ring (bicyclic) bond motifs is 2. The van der Waals surface area contributed by atoms with Gasteiger partial charge in [0.15, 0.2) is 6.29 Å². The largest absolute Gasteiger partial charge is 0.366 e. The van der Waals surface area contributed by atoms with E-state index < -0.39 is 29.7 Å². The second-order valence-corrected chi connectivity index (χ2v) is 9.32. The third-order valence-electron chi connectivity index (χ3n) is 6.91. The molecule has 1 fully saturated rings. The molecule has 2 amide bonds. The zero-order valence-corrected chi connectivity index (χ0v) is 20.1. The molecular formula is C26H22F2N6O4. The van der Waals surface area contributed by atoms with Crippen LogP contribution in [0.2, 0.25) is 0 Å². The Morgan fingerprint density at radius 3 is 2.61 bits per heavy atom. The van der Waals surface area contributed by atoms with E-state index >= 15 is 0 Å². The molecule has 0 radical (unpaired) electrons. The fourth-order valence-electron chi connectivity index (χ4n) is 5.00. The third-order valence-corrected chi connectivity index (χ3v) is 6.91. The van der Waals surface area contributed by atoms with Gasteiger partial charge in [0.25, 0.3) is 17.6 Å². The molecule has 0 spiro atoms. The number of ether oxygens (including phenoxy) is 1. The summed E-state index contributed by atoms with van der Waals surface area (Å²) >= 11 is 0. The van der Waals surface area contributed by atoms with Crippen molar-refractivity contribution in [1.82, 2.24) is 30.2 Å². The molecule has 6 rings (SSSR count). The molecule has 10 nitrogen and oxygen atoms in total. The van der Waals surface area contributed by atoms with E-state index in [4.69, 9.17) is 4.74 Å². The average molecular weight is 520 g/mol. The predicted octanol–water partition coefficient (Wildman–Crippen LogP) is 2.45. The molecule has 1 aliphatic carbocycles. The predicted molar refractivity (Wildman–Crippen MR) is 128 cm³/mol. The molecule has 0 saturated carbocycles. The Balaban J connectivity index is 1.22. The maximum Gasteiger partial charge on any atom is 0.270 e. The van der Waals surface area contributed by atoms with Crippen molar-refractivity contribution in [2.24, 2.45) is 0 Å². The summed E-state index contributed by atoms with van der Waals surface area (Å²) in [5.74, 6) is -2.57. The monoisotopic (exact) mass is 520 g/mol. The lowest BCUT2D eigenvalue weighted by atomic mass is 9.96. The lowest BCUT2D eigenvalue weighted by molar-refractivity contribution is 0.0928. The first-order valence-electron chi connectivity index (χ1n) is 12.0. The highest BCUT2D eigenvalue weighted by molar-refractivity contribution is 5.98. The Hall–Kier alpha value is -4.29. The van der Waals surface area contributed by atoms with Crippen LogP contribution in [0, 0.1) is 18.6 Å². The minimum atomic E-state index is -0.776. The molecule has 38 heavy (non-hydrogen) atoms. The van der Waals surface area contributed by atoms with Crippen LogP contribution in [0.15, 0.2) is 42.7 Å². The van der Waals surface area contributed by atoms with Crippen LogP contribution in [-0.4, -0.2) is 42.8 Å². The Bertz CT molecular complexity index is 1590. The highest BCUT2D eigenvalue weighted by Gasteiger charge is 2.40. The van der Waals surface area contributed by atoms with Gasteiger partial charge < -0.3 is 20.5 Å². The average Bonchev–Trinajstić information content (AvgIpc) is 3.25. The molecule has 2 aliphatic rings. The maximum absolute atomic E-state index is 13.5. The van der Waals surface area contributed by atoms with Gasteiger partial charge in [-0.1, -0.05) is 12.1 Å². The van der Waals surface area contributed by atoms with Crippen LogP contribution in [0.3, 0.4) is 0 Å². The summed E-state index contributed by atoms with van der Waals surface area (Å²) in [7, 11) is 0. The number of rotatable bonds is 6. The highest BCUT2D eigenvalue weighted by Crippen LogP contribution is 2.43. The van der Waals surface area contributed by atoms with E-state index in [1.165, 1.54) is 16.9 Å². The second-order valence-electron chi connectivity index (χ2n) is 9.32. The number of hydrogen-bond acceptors (Lipinski definition) is 7. The van der Waals surface area contributed by atoms with Crippen molar-refractivity contribution < 1.29 is 28.2 Å². The van der Waals surface area contributed by atoms with Crippen LogP contribution >= 0.6 is 0 Å². The number of aliphatic hydroxyl groups is 1. The fraction of sp³-hybridized carbons (Fsp3) is 0.269. The molecule has 3 N–H and O–H groups in total. The number of nitrogens with zero attached hydrogens (tertiary/aromatic N) is 4. The zero-order valence-electron chi connectivity index (χ0n) is 20.1. The van der Waals surface area contributed by atoms with Gasteiger partial charge in [-0.15, -0.1) is 0 Å². The summed E-state index contributed by atoms with van der Waals surface area (Å²) in [6.45, 7) is 1.84. The number of aliphatic hydroxyl groups excluding tert-OH is 1. The van der Waals surface area contributed by atoms with E-state index in [0.717, 1.165) is 46.9 Å². The Kier molecular flexibility index (Phi) is 5.84. The Morgan fingerprint density at radius 2 is 1.87 bits per heavy atom. The van der Waals surface area contributed by atoms with Crippen LogP contribution < -0.4 is 10.6 Å². The molecule has 2 unspecified atom stereocenters. The third kappa shape index (κ3) is 4.37. The number of nitrogens with one attached hydrogen (secondary N) is 2. The van der Waals surface area contributed by atoms with Gasteiger partial charge in [0, 0.05) is 18.7 Å². The molecule has 3 heterocycles. The van der Waals surface area contributed by atoms with E-state index in [9.17, 15) is 23.5 Å². The Morgan fingerprint density at radius 1 is 1.13 bits per heavy atom. The lowest BCUT2D eigenvalue weighted by Crippen LogP contribution is -2.30. The molecule has 1 aliphatic heterocycles. The molecule has 194 valence electrons. The number of amides is 2. The maximum atomic E-state index is 13.5. The summed E-state index contributed by atoms with van der Waals surface area (Å²) in [5, 5.41) is 19.3. The van der Waals surface area contributed by atoms with Crippen molar-refractivity contribution >= 4 is 17.6 Å². The molecule has 2 aromatic carbocycles. The number of halogens is 2. The highest BCUT2D eigenvalue weighted by atomic mass is 19.1. The van der Waals surface area contributed by atoms with Gasteiger partial charge in [0.1, 0.15) is 35.5 Å². The van der Waals surface area contributed by atoms with Gasteiger partial charge in [-0.2, -0.15) is 14.6 Å². The topological polar surface area (TPSA) is 134 Å². The first kappa shape index (κ1) is 24.1. The van der Waals surface area contributed by atoms with E-state index in [0.29, 0.717) is 6.42 Å². The number of carbonyl (C=O) groups is 2. The fourth-order valence-corrected chi connectivity index (χ4v) is 5.00. The summed E-state index contributed by atoms with van der Waals surface area (Å²) in [5.41, 5.74) is 4.29. The van der Waals surface area contributed by atoms with Crippen LogP contribution in [-0.2, 0) is 17.7 Å². The van der Waals surface area contributed by atoms with Gasteiger partial charge in [0.2, 0.25) is 0 Å². The summed E-state index contributed by atoms with van der Waals surface area (Å²) < 4.78 is 33.4. The van der Waals surface area contributed by atoms with Gasteiger partial charge in [-0.05, 0) is 59.7 Å². The van der Waals surface area contributed by atoms with Crippen molar-refractivity contribution in [1.29, 1.82) is 0 Å². The van der Waals surface area contributed by atoms with Crippen LogP contribution in [0.25, 0.3) is 5.78 Å². The van der Waals surface area contributed by atoms with Crippen LogP contribution in [0.5, 0.6) is 0 Å². The zero-order chi connectivity index (χ0) is 26.6. The van der Waals surface area contributed by atoms with Crippen molar-refractivity contribution in [3.8, 4) is 0 Å². The van der Waals surface area contributed by atoms with Gasteiger partial charge in [-0.3, -0.25) is 9.59 Å². The Labute approximate surface area is 214 Å². The number of hydrogen-bond donors (Lipinski definition) is 3. The van der Waals surface area contributed by atoms with Crippen molar-refractivity contribution in [3.05, 3.63) is 93.6 Å². The molecule has 12 heteroatoms.